The van der Waals surface area contributed by atoms with E-state index in [1.165, 1.54) is 0 Å². The minimum Gasteiger partial charge on any atom is -0.381 e. The third-order valence-corrected chi connectivity index (χ3v) is 3.15. The summed E-state index contributed by atoms with van der Waals surface area (Å²) in [4.78, 5) is 12.0. The zero-order valence-corrected chi connectivity index (χ0v) is 10.4. The van der Waals surface area contributed by atoms with Gasteiger partial charge in [-0.3, -0.25) is 4.79 Å². The first-order valence-electron chi connectivity index (χ1n) is 5.22. The molecule has 0 aromatic heterocycles. The molecule has 1 aliphatic heterocycles. The quantitative estimate of drug-likeness (QED) is 0.719. The molecule has 0 aliphatic carbocycles. The molecule has 1 heterocycles. The second-order valence-corrected chi connectivity index (χ2v) is 5.00. The van der Waals surface area contributed by atoms with Crippen LogP contribution in [0.2, 0.25) is 0 Å². The fourth-order valence-electron chi connectivity index (χ4n) is 1.69. The lowest BCUT2D eigenvalue weighted by Gasteiger charge is -2.25. The van der Waals surface area contributed by atoms with Gasteiger partial charge in [0.2, 0.25) is 0 Å². The smallest absolute Gasteiger partial charge is 0.255 e. The Hall–Kier alpha value is 0.01000. The van der Waals surface area contributed by atoms with Crippen LogP contribution in [0.3, 0.4) is 0 Å². The van der Waals surface area contributed by atoms with Gasteiger partial charge < -0.3 is 9.64 Å². The van der Waals surface area contributed by atoms with Crippen LogP contribution in [0.5, 0.6) is 0 Å². The van der Waals surface area contributed by atoms with Crippen molar-refractivity contribution in [3.05, 3.63) is 0 Å². The molecule has 15 heavy (non-hydrogen) atoms. The van der Waals surface area contributed by atoms with E-state index in [-0.39, 0.29) is 5.91 Å². The van der Waals surface area contributed by atoms with Crippen LogP contribution in [-0.4, -0.2) is 42.4 Å². The van der Waals surface area contributed by atoms with Gasteiger partial charge in [-0.1, -0.05) is 23.2 Å². The number of nitrogens with zero attached hydrogens (tertiary/aromatic N) is 1. The average molecular weight is 254 g/mol. The average Bonchev–Trinajstić information content (AvgIpc) is 2.26. The normalized spacial score (nSPS) is 18.1. The Morgan fingerprint density at radius 3 is 2.60 bits per heavy atom. The molecule has 0 atom stereocenters. The van der Waals surface area contributed by atoms with Gasteiger partial charge in [0.15, 0.2) is 4.84 Å². The predicted octanol–water partition coefficient (Wildman–Crippen LogP) is 2.07. The lowest BCUT2D eigenvalue weighted by Crippen LogP contribution is -2.33. The molecule has 0 unspecified atom stereocenters. The number of carbonyl (C=O) groups excluding carboxylic acids is 1. The zero-order chi connectivity index (χ0) is 11.3. The van der Waals surface area contributed by atoms with E-state index in [1.807, 2.05) is 0 Å². The number of hydrogen-bond donors (Lipinski definition) is 0. The Balaban J connectivity index is 2.20. The summed E-state index contributed by atoms with van der Waals surface area (Å²) < 4.78 is 5.27. The van der Waals surface area contributed by atoms with Gasteiger partial charge in [-0.25, -0.2) is 0 Å². The number of hydrogen-bond acceptors (Lipinski definition) is 2. The minimum atomic E-state index is -0.940. The molecule has 0 spiro atoms. The molecule has 0 saturated carbocycles. The standard InChI is InChI=1S/C10H17Cl2NO2/c1-13(10(14)9(11)12)5-2-8-3-6-15-7-4-8/h8-9H,2-7H2,1H3. The van der Waals surface area contributed by atoms with E-state index in [9.17, 15) is 4.79 Å². The number of ether oxygens (including phenoxy) is 1. The predicted molar refractivity (Wildman–Crippen MR) is 61.3 cm³/mol. The van der Waals surface area contributed by atoms with E-state index in [0.717, 1.165) is 39.0 Å². The van der Waals surface area contributed by atoms with Crippen LogP contribution in [-0.2, 0) is 9.53 Å². The number of amides is 1. The molecule has 5 heteroatoms. The van der Waals surface area contributed by atoms with Gasteiger partial charge in [-0.2, -0.15) is 0 Å². The SMILES string of the molecule is CN(CCC1CCOCC1)C(=O)C(Cl)Cl. The molecular weight excluding hydrogens is 237 g/mol. The Labute approximate surface area is 101 Å². The van der Waals surface area contributed by atoms with E-state index in [4.69, 9.17) is 27.9 Å². The van der Waals surface area contributed by atoms with Gasteiger partial charge in [-0.15, -0.1) is 0 Å². The van der Waals surface area contributed by atoms with Gasteiger partial charge >= 0.3 is 0 Å². The van der Waals surface area contributed by atoms with Gasteiger partial charge in [0.25, 0.3) is 5.91 Å². The first-order valence-corrected chi connectivity index (χ1v) is 6.09. The van der Waals surface area contributed by atoms with Crippen LogP contribution in [0.15, 0.2) is 0 Å². The van der Waals surface area contributed by atoms with Gasteiger partial charge in [0.05, 0.1) is 0 Å². The van der Waals surface area contributed by atoms with Crippen molar-refractivity contribution < 1.29 is 9.53 Å². The highest BCUT2D eigenvalue weighted by Gasteiger charge is 2.19. The van der Waals surface area contributed by atoms with Crippen molar-refractivity contribution in [3.63, 3.8) is 0 Å². The van der Waals surface area contributed by atoms with Crippen LogP contribution < -0.4 is 0 Å². The Kier molecular flexibility index (Phi) is 5.72. The zero-order valence-electron chi connectivity index (χ0n) is 8.92. The van der Waals surface area contributed by atoms with Crippen molar-refractivity contribution in [1.82, 2.24) is 4.90 Å². The van der Waals surface area contributed by atoms with E-state index >= 15 is 0 Å². The molecule has 0 aromatic carbocycles. The lowest BCUT2D eigenvalue weighted by molar-refractivity contribution is -0.128. The number of carbonyl (C=O) groups is 1. The molecule has 3 nitrogen and oxygen atoms in total. The van der Waals surface area contributed by atoms with Crippen LogP contribution in [0.25, 0.3) is 0 Å². The summed E-state index contributed by atoms with van der Waals surface area (Å²) in [5, 5.41) is 0. The molecule has 1 aliphatic rings. The topological polar surface area (TPSA) is 29.5 Å². The monoisotopic (exact) mass is 253 g/mol. The number of alkyl halides is 2. The molecule has 0 radical (unpaired) electrons. The highest BCUT2D eigenvalue weighted by Crippen LogP contribution is 2.19. The van der Waals surface area contributed by atoms with E-state index in [2.05, 4.69) is 0 Å². The lowest BCUT2D eigenvalue weighted by atomic mass is 9.96. The summed E-state index contributed by atoms with van der Waals surface area (Å²) in [7, 11) is 1.74. The minimum absolute atomic E-state index is 0.217. The van der Waals surface area contributed by atoms with E-state index < -0.39 is 4.84 Å². The van der Waals surface area contributed by atoms with Crippen molar-refractivity contribution in [3.8, 4) is 0 Å². The summed E-state index contributed by atoms with van der Waals surface area (Å²) >= 11 is 11.0. The maximum absolute atomic E-state index is 11.4. The highest BCUT2D eigenvalue weighted by atomic mass is 35.5. The van der Waals surface area contributed by atoms with Crippen molar-refractivity contribution in [2.24, 2.45) is 5.92 Å². The summed E-state index contributed by atoms with van der Waals surface area (Å²) in [5.41, 5.74) is 0. The van der Waals surface area contributed by atoms with Crippen molar-refractivity contribution in [2.75, 3.05) is 26.8 Å². The maximum atomic E-state index is 11.4. The fraction of sp³-hybridized carbons (Fsp3) is 0.900. The Bertz CT molecular complexity index is 206. The summed E-state index contributed by atoms with van der Waals surface area (Å²) in [6, 6.07) is 0. The number of rotatable bonds is 4. The molecule has 88 valence electrons. The second-order valence-electron chi connectivity index (χ2n) is 3.90. The first-order chi connectivity index (χ1) is 7.11. The largest absolute Gasteiger partial charge is 0.381 e. The van der Waals surface area contributed by atoms with Crippen LogP contribution >= 0.6 is 23.2 Å². The Morgan fingerprint density at radius 2 is 2.07 bits per heavy atom. The molecule has 0 N–H and O–H groups in total. The van der Waals surface area contributed by atoms with Crippen LogP contribution in [0.1, 0.15) is 19.3 Å². The summed E-state index contributed by atoms with van der Waals surface area (Å²) in [5.74, 6) is 0.448. The number of halogens is 2. The third kappa shape index (κ3) is 4.58. The second kappa shape index (κ2) is 6.56. The van der Waals surface area contributed by atoms with E-state index in [1.54, 1.807) is 11.9 Å². The van der Waals surface area contributed by atoms with Crippen LogP contribution in [0, 0.1) is 5.92 Å². The maximum Gasteiger partial charge on any atom is 0.255 e. The fourth-order valence-corrected chi connectivity index (χ4v) is 2.02. The Morgan fingerprint density at radius 1 is 1.47 bits per heavy atom. The molecule has 0 aromatic rings. The van der Waals surface area contributed by atoms with Gasteiger partial charge in [-0.05, 0) is 25.2 Å². The summed E-state index contributed by atoms with van der Waals surface area (Å²) in [6.07, 6.45) is 3.19. The van der Waals surface area contributed by atoms with Crippen molar-refractivity contribution in [2.45, 2.75) is 24.1 Å². The molecule has 1 rings (SSSR count). The summed E-state index contributed by atoms with van der Waals surface area (Å²) in [6.45, 7) is 2.41. The van der Waals surface area contributed by atoms with Crippen molar-refractivity contribution >= 4 is 29.1 Å². The first kappa shape index (κ1) is 13.1. The van der Waals surface area contributed by atoms with Crippen molar-refractivity contribution in [1.29, 1.82) is 0 Å². The molecule has 1 amide bonds. The molecule has 0 bridgehead atoms. The van der Waals surface area contributed by atoms with Gasteiger partial charge in [0.1, 0.15) is 0 Å². The molecular formula is C10H17Cl2NO2. The molecule has 1 saturated heterocycles. The third-order valence-electron chi connectivity index (χ3n) is 2.78. The molecule has 1 fully saturated rings. The highest BCUT2D eigenvalue weighted by molar-refractivity contribution is 6.53. The van der Waals surface area contributed by atoms with Crippen LogP contribution in [0.4, 0.5) is 0 Å². The van der Waals surface area contributed by atoms with Gasteiger partial charge in [0, 0.05) is 26.8 Å². The van der Waals surface area contributed by atoms with E-state index in [0.29, 0.717) is 5.92 Å².